The maximum Gasteiger partial charge on any atom is 0.251 e. The molecule has 1 aliphatic rings. The van der Waals surface area contributed by atoms with Crippen LogP contribution in [0.4, 0.5) is 0 Å². The number of nitrogens with one attached hydrogen (secondary N) is 1. The number of aryl methyl sites for hydroxylation is 2. The van der Waals surface area contributed by atoms with Crippen molar-refractivity contribution in [2.75, 3.05) is 13.1 Å². The highest BCUT2D eigenvalue weighted by molar-refractivity contribution is 7.89. The van der Waals surface area contributed by atoms with E-state index in [4.69, 9.17) is 0 Å². The van der Waals surface area contributed by atoms with E-state index in [0.717, 1.165) is 36.8 Å². The van der Waals surface area contributed by atoms with E-state index in [1.807, 2.05) is 31.2 Å². The van der Waals surface area contributed by atoms with E-state index in [1.54, 1.807) is 23.4 Å². The van der Waals surface area contributed by atoms with Gasteiger partial charge in [-0.2, -0.15) is 4.31 Å². The molecule has 1 heterocycles. The molecule has 0 radical (unpaired) electrons. The molecule has 6 heteroatoms. The second-order valence-corrected chi connectivity index (χ2v) is 9.38. The monoisotopic (exact) mass is 400 g/mol. The Morgan fingerprint density at radius 3 is 2.39 bits per heavy atom. The number of benzene rings is 2. The molecule has 0 unspecified atom stereocenters. The number of carbonyl (C=O) groups is 1. The van der Waals surface area contributed by atoms with E-state index in [-0.39, 0.29) is 10.8 Å². The smallest absolute Gasteiger partial charge is 0.251 e. The Hall–Kier alpha value is -2.18. The largest absolute Gasteiger partial charge is 0.348 e. The Morgan fingerprint density at radius 2 is 1.71 bits per heavy atom. The first-order chi connectivity index (χ1) is 13.4. The summed E-state index contributed by atoms with van der Waals surface area (Å²) < 4.78 is 27.9. The van der Waals surface area contributed by atoms with Crippen molar-refractivity contribution >= 4 is 15.9 Å². The van der Waals surface area contributed by atoms with Gasteiger partial charge in [0.1, 0.15) is 0 Å². The van der Waals surface area contributed by atoms with Gasteiger partial charge in [0.2, 0.25) is 10.0 Å². The number of sulfonamides is 1. The number of amides is 1. The van der Waals surface area contributed by atoms with Crippen LogP contribution < -0.4 is 5.32 Å². The Labute approximate surface area is 167 Å². The molecule has 0 aliphatic carbocycles. The van der Waals surface area contributed by atoms with Gasteiger partial charge in [-0.15, -0.1) is 0 Å². The molecule has 0 aromatic heterocycles. The molecule has 2 aromatic rings. The first kappa shape index (κ1) is 20.6. The Morgan fingerprint density at radius 1 is 1.00 bits per heavy atom. The maximum absolute atomic E-state index is 13.1. The predicted octanol–water partition coefficient (Wildman–Crippen LogP) is 3.80. The number of nitrogens with zero attached hydrogens (tertiary/aromatic N) is 1. The molecule has 150 valence electrons. The minimum absolute atomic E-state index is 0.234. The van der Waals surface area contributed by atoms with Gasteiger partial charge in [-0.25, -0.2) is 8.42 Å². The molecular formula is C22H28N2O3S. The fourth-order valence-corrected chi connectivity index (χ4v) is 5.31. The van der Waals surface area contributed by atoms with Crippen LogP contribution in [0, 0.1) is 13.8 Å². The Bertz CT molecular complexity index is 946. The third kappa shape index (κ3) is 4.80. The molecule has 1 N–H and O–H groups in total. The lowest BCUT2D eigenvalue weighted by Gasteiger charge is -2.21. The van der Waals surface area contributed by atoms with E-state index < -0.39 is 10.0 Å². The summed E-state index contributed by atoms with van der Waals surface area (Å²) in [5, 5.41) is 2.88. The summed E-state index contributed by atoms with van der Waals surface area (Å²) in [7, 11) is -3.59. The third-order valence-corrected chi connectivity index (χ3v) is 7.21. The minimum atomic E-state index is -3.59. The standard InChI is InChI=1S/C22H28N2O3S/c1-17-8-7-9-19(14-17)16-23-22(25)20-11-10-18(2)21(15-20)28(26,27)24-12-5-3-4-6-13-24/h7-11,14-15H,3-6,12-13,16H2,1-2H3,(H,23,25). The predicted molar refractivity (Wildman–Crippen MR) is 111 cm³/mol. The van der Waals surface area contributed by atoms with Gasteiger partial charge < -0.3 is 5.32 Å². The molecule has 5 nitrogen and oxygen atoms in total. The summed E-state index contributed by atoms with van der Waals surface area (Å²) >= 11 is 0. The first-order valence-electron chi connectivity index (χ1n) is 9.82. The van der Waals surface area contributed by atoms with Crippen LogP contribution in [0.5, 0.6) is 0 Å². The Kier molecular flexibility index (Phi) is 6.52. The fourth-order valence-electron chi connectivity index (χ4n) is 3.55. The third-order valence-electron chi connectivity index (χ3n) is 5.17. The van der Waals surface area contributed by atoms with Crippen LogP contribution in [0.15, 0.2) is 47.4 Å². The van der Waals surface area contributed by atoms with Crippen LogP contribution in [0.1, 0.15) is 52.7 Å². The lowest BCUT2D eigenvalue weighted by Crippen LogP contribution is -2.32. The van der Waals surface area contributed by atoms with Crippen molar-refractivity contribution in [2.24, 2.45) is 0 Å². The average molecular weight is 401 g/mol. The van der Waals surface area contributed by atoms with Gasteiger partial charge in [0.05, 0.1) is 4.90 Å². The zero-order chi connectivity index (χ0) is 20.1. The second-order valence-electron chi connectivity index (χ2n) is 7.47. The number of carbonyl (C=O) groups excluding carboxylic acids is 1. The summed E-state index contributed by atoms with van der Waals surface area (Å²) in [6.45, 7) is 5.28. The van der Waals surface area contributed by atoms with Crippen molar-refractivity contribution in [3.05, 3.63) is 64.7 Å². The number of hydrogen-bond acceptors (Lipinski definition) is 3. The van der Waals surface area contributed by atoms with E-state index in [9.17, 15) is 13.2 Å². The van der Waals surface area contributed by atoms with Crippen molar-refractivity contribution < 1.29 is 13.2 Å². The van der Waals surface area contributed by atoms with E-state index in [0.29, 0.717) is 30.8 Å². The van der Waals surface area contributed by atoms with Crippen LogP contribution in [0.3, 0.4) is 0 Å². The highest BCUT2D eigenvalue weighted by Gasteiger charge is 2.27. The fraction of sp³-hybridized carbons (Fsp3) is 0.409. The topological polar surface area (TPSA) is 66.5 Å². The van der Waals surface area contributed by atoms with Gasteiger partial charge >= 0.3 is 0 Å². The molecule has 1 amide bonds. The quantitative estimate of drug-likeness (QED) is 0.830. The lowest BCUT2D eigenvalue weighted by atomic mass is 10.1. The van der Waals surface area contributed by atoms with Crippen LogP contribution in [0.25, 0.3) is 0 Å². The SMILES string of the molecule is Cc1cccc(CNC(=O)c2ccc(C)c(S(=O)(=O)N3CCCCCC3)c2)c1. The van der Waals surface area contributed by atoms with Crippen molar-refractivity contribution in [1.82, 2.24) is 9.62 Å². The highest BCUT2D eigenvalue weighted by atomic mass is 32.2. The summed E-state index contributed by atoms with van der Waals surface area (Å²) in [4.78, 5) is 12.8. The molecule has 0 atom stereocenters. The van der Waals surface area contributed by atoms with Crippen molar-refractivity contribution in [3.63, 3.8) is 0 Å². The van der Waals surface area contributed by atoms with Gasteiger partial charge in [-0.05, 0) is 49.9 Å². The molecule has 1 aliphatic heterocycles. The molecule has 1 fully saturated rings. The number of hydrogen-bond donors (Lipinski definition) is 1. The van der Waals surface area contributed by atoms with Gasteiger partial charge in [0.25, 0.3) is 5.91 Å². The van der Waals surface area contributed by atoms with Crippen molar-refractivity contribution in [1.29, 1.82) is 0 Å². The summed E-state index contributed by atoms with van der Waals surface area (Å²) in [5.41, 5.74) is 3.18. The van der Waals surface area contributed by atoms with Gasteiger partial charge in [-0.3, -0.25) is 4.79 Å². The van der Waals surface area contributed by atoms with E-state index >= 15 is 0 Å². The molecule has 28 heavy (non-hydrogen) atoms. The second kappa shape index (κ2) is 8.88. The van der Waals surface area contributed by atoms with Gasteiger partial charge in [-0.1, -0.05) is 48.7 Å². The molecule has 0 bridgehead atoms. The van der Waals surface area contributed by atoms with Crippen LogP contribution in [0.2, 0.25) is 0 Å². The van der Waals surface area contributed by atoms with Crippen LogP contribution >= 0.6 is 0 Å². The van der Waals surface area contributed by atoms with E-state index in [2.05, 4.69) is 5.32 Å². The average Bonchev–Trinajstić information content (AvgIpc) is 2.96. The molecule has 0 saturated carbocycles. The minimum Gasteiger partial charge on any atom is -0.348 e. The summed E-state index contributed by atoms with van der Waals surface area (Å²) in [6, 6.07) is 12.8. The van der Waals surface area contributed by atoms with Crippen LogP contribution in [-0.4, -0.2) is 31.7 Å². The molecule has 1 saturated heterocycles. The van der Waals surface area contributed by atoms with Gasteiger partial charge in [0, 0.05) is 25.2 Å². The zero-order valence-corrected chi connectivity index (χ0v) is 17.4. The maximum atomic E-state index is 13.1. The Balaban J connectivity index is 1.79. The van der Waals surface area contributed by atoms with Crippen molar-refractivity contribution in [3.8, 4) is 0 Å². The molecule has 0 spiro atoms. The summed E-state index contributed by atoms with van der Waals surface area (Å²) in [6.07, 6.45) is 3.89. The normalized spacial score (nSPS) is 15.8. The zero-order valence-electron chi connectivity index (χ0n) is 16.6. The molecular weight excluding hydrogens is 372 g/mol. The summed E-state index contributed by atoms with van der Waals surface area (Å²) in [5.74, 6) is -0.270. The molecule has 3 rings (SSSR count). The van der Waals surface area contributed by atoms with Crippen molar-refractivity contribution in [2.45, 2.75) is 51.0 Å². The highest BCUT2D eigenvalue weighted by Crippen LogP contribution is 2.24. The van der Waals surface area contributed by atoms with Gasteiger partial charge in [0.15, 0.2) is 0 Å². The van der Waals surface area contributed by atoms with E-state index in [1.165, 1.54) is 6.07 Å². The first-order valence-corrected chi connectivity index (χ1v) is 11.3. The lowest BCUT2D eigenvalue weighted by molar-refractivity contribution is 0.0950. The number of rotatable bonds is 5. The molecule has 2 aromatic carbocycles. The van der Waals surface area contributed by atoms with Crippen LogP contribution in [-0.2, 0) is 16.6 Å².